The lowest BCUT2D eigenvalue weighted by Crippen LogP contribution is -2.14. The van der Waals surface area contributed by atoms with Gasteiger partial charge in [0, 0.05) is 15.8 Å². The second kappa shape index (κ2) is 4.34. The fraction of sp³-hybridized carbons (Fsp3) is 0.500. The van der Waals surface area contributed by atoms with Crippen LogP contribution in [0.2, 0.25) is 5.02 Å². The van der Waals surface area contributed by atoms with Crippen molar-refractivity contribution in [1.82, 2.24) is 0 Å². The predicted molar refractivity (Wildman–Crippen MR) is 67.1 cm³/mol. The van der Waals surface area contributed by atoms with E-state index in [1.807, 2.05) is 25.1 Å². The summed E-state index contributed by atoms with van der Waals surface area (Å²) in [6.07, 6.45) is 2.52. The Hall–Kier alpha value is -0.210. The first-order chi connectivity index (χ1) is 7.15. The molecule has 1 aromatic rings. The molecule has 0 aliphatic heterocycles. The van der Waals surface area contributed by atoms with Crippen LogP contribution in [0.1, 0.15) is 18.4 Å². The molecular weight excluding hydrogens is 275 g/mol. The smallest absolute Gasteiger partial charge is 0.123 e. The Morgan fingerprint density at radius 3 is 2.80 bits per heavy atom. The summed E-state index contributed by atoms with van der Waals surface area (Å²) in [5.74, 6) is 0.912. The number of benzene rings is 1. The number of hydrogen-bond acceptors (Lipinski definition) is 1. The number of hydrogen-bond donors (Lipinski definition) is 0. The molecule has 1 aromatic carbocycles. The van der Waals surface area contributed by atoms with E-state index in [0.717, 1.165) is 28.3 Å². The van der Waals surface area contributed by atoms with E-state index in [-0.39, 0.29) is 0 Å². The third kappa shape index (κ3) is 2.67. The molecule has 0 bridgehead atoms. The standard InChI is InChI=1S/C12H14BrClO/c1-9-2-3-10(14)6-11(9)15-8-12(7-13)4-5-12/h2-3,6H,4-5,7-8H2,1H3. The Morgan fingerprint density at radius 1 is 1.47 bits per heavy atom. The van der Waals surface area contributed by atoms with Gasteiger partial charge in [-0.2, -0.15) is 0 Å². The molecule has 1 fully saturated rings. The zero-order valence-electron chi connectivity index (χ0n) is 8.72. The average Bonchev–Trinajstić information content (AvgIpc) is 3.00. The van der Waals surface area contributed by atoms with Crippen LogP contribution in [-0.2, 0) is 0 Å². The van der Waals surface area contributed by atoms with Gasteiger partial charge in [0.25, 0.3) is 0 Å². The molecule has 0 saturated heterocycles. The van der Waals surface area contributed by atoms with E-state index in [4.69, 9.17) is 16.3 Å². The number of alkyl halides is 1. The van der Waals surface area contributed by atoms with Gasteiger partial charge in [-0.15, -0.1) is 0 Å². The molecule has 15 heavy (non-hydrogen) atoms. The molecule has 3 heteroatoms. The highest BCUT2D eigenvalue weighted by atomic mass is 79.9. The van der Waals surface area contributed by atoms with Gasteiger partial charge in [-0.3, -0.25) is 0 Å². The van der Waals surface area contributed by atoms with Crippen LogP contribution in [0.5, 0.6) is 5.75 Å². The molecular formula is C12H14BrClO. The van der Waals surface area contributed by atoms with Crippen molar-refractivity contribution in [2.45, 2.75) is 19.8 Å². The maximum atomic E-state index is 5.93. The van der Waals surface area contributed by atoms with E-state index in [9.17, 15) is 0 Å². The third-order valence-corrected chi connectivity index (χ3v) is 4.35. The summed E-state index contributed by atoms with van der Waals surface area (Å²) in [6, 6.07) is 5.77. The van der Waals surface area contributed by atoms with Gasteiger partial charge in [0.05, 0.1) is 6.61 Å². The van der Waals surface area contributed by atoms with E-state index < -0.39 is 0 Å². The van der Waals surface area contributed by atoms with Crippen molar-refractivity contribution in [1.29, 1.82) is 0 Å². The average molecular weight is 290 g/mol. The lowest BCUT2D eigenvalue weighted by Gasteiger charge is -2.14. The SMILES string of the molecule is Cc1ccc(Cl)cc1OCC1(CBr)CC1. The minimum Gasteiger partial charge on any atom is -0.493 e. The summed E-state index contributed by atoms with van der Waals surface area (Å²) >= 11 is 9.46. The van der Waals surface area contributed by atoms with Crippen molar-refractivity contribution in [2.24, 2.45) is 5.41 Å². The van der Waals surface area contributed by atoms with Gasteiger partial charge in [-0.05, 0) is 37.5 Å². The van der Waals surface area contributed by atoms with E-state index in [1.54, 1.807) is 0 Å². The third-order valence-electron chi connectivity index (χ3n) is 2.92. The monoisotopic (exact) mass is 288 g/mol. The maximum absolute atomic E-state index is 5.93. The van der Waals surface area contributed by atoms with E-state index in [0.29, 0.717) is 5.41 Å². The highest BCUT2D eigenvalue weighted by Crippen LogP contribution is 2.47. The topological polar surface area (TPSA) is 9.23 Å². The fourth-order valence-corrected chi connectivity index (χ4v) is 2.34. The Kier molecular flexibility index (Phi) is 3.27. The molecule has 1 nitrogen and oxygen atoms in total. The Balaban J connectivity index is 2.01. The zero-order valence-corrected chi connectivity index (χ0v) is 11.1. The van der Waals surface area contributed by atoms with Crippen LogP contribution in [0.15, 0.2) is 18.2 Å². The van der Waals surface area contributed by atoms with Gasteiger partial charge < -0.3 is 4.74 Å². The Bertz CT molecular complexity index is 361. The largest absolute Gasteiger partial charge is 0.493 e. The summed E-state index contributed by atoms with van der Waals surface area (Å²) < 4.78 is 5.82. The number of aryl methyl sites for hydroxylation is 1. The van der Waals surface area contributed by atoms with Crippen molar-refractivity contribution in [3.8, 4) is 5.75 Å². The maximum Gasteiger partial charge on any atom is 0.123 e. The van der Waals surface area contributed by atoms with Crippen LogP contribution in [0.3, 0.4) is 0 Å². The van der Waals surface area contributed by atoms with Gasteiger partial charge in [-0.1, -0.05) is 33.6 Å². The minimum absolute atomic E-state index is 0.384. The molecule has 0 aromatic heterocycles. The second-order valence-electron chi connectivity index (χ2n) is 4.33. The highest BCUT2D eigenvalue weighted by Gasteiger charge is 2.42. The molecule has 1 saturated carbocycles. The number of rotatable bonds is 4. The molecule has 0 unspecified atom stereocenters. The first kappa shape index (κ1) is 11.3. The molecule has 0 amide bonds. The van der Waals surface area contributed by atoms with E-state index in [1.165, 1.54) is 12.8 Å². The van der Waals surface area contributed by atoms with Crippen LogP contribution >= 0.6 is 27.5 Å². The molecule has 0 radical (unpaired) electrons. The summed E-state index contributed by atoms with van der Waals surface area (Å²) in [5, 5.41) is 1.76. The van der Waals surface area contributed by atoms with Gasteiger partial charge in [-0.25, -0.2) is 0 Å². The quantitative estimate of drug-likeness (QED) is 0.755. The van der Waals surface area contributed by atoms with Crippen molar-refractivity contribution in [2.75, 3.05) is 11.9 Å². The Labute approximate surface area is 104 Å². The van der Waals surface area contributed by atoms with Crippen molar-refractivity contribution >= 4 is 27.5 Å². The molecule has 82 valence electrons. The molecule has 1 aliphatic rings. The minimum atomic E-state index is 0.384. The Morgan fingerprint density at radius 2 is 2.20 bits per heavy atom. The number of ether oxygens (including phenoxy) is 1. The van der Waals surface area contributed by atoms with Gasteiger partial charge in [0.15, 0.2) is 0 Å². The van der Waals surface area contributed by atoms with E-state index in [2.05, 4.69) is 15.9 Å². The first-order valence-corrected chi connectivity index (χ1v) is 6.60. The van der Waals surface area contributed by atoms with Gasteiger partial charge >= 0.3 is 0 Å². The molecule has 2 rings (SSSR count). The zero-order chi connectivity index (χ0) is 10.9. The molecule has 0 N–H and O–H groups in total. The second-order valence-corrected chi connectivity index (χ2v) is 5.33. The fourth-order valence-electron chi connectivity index (χ4n) is 1.45. The summed E-state index contributed by atoms with van der Waals surface area (Å²) in [5.41, 5.74) is 1.53. The van der Waals surface area contributed by atoms with Gasteiger partial charge in [0.1, 0.15) is 5.75 Å². The van der Waals surface area contributed by atoms with E-state index >= 15 is 0 Å². The molecule has 0 atom stereocenters. The van der Waals surface area contributed by atoms with Crippen molar-refractivity contribution < 1.29 is 4.74 Å². The van der Waals surface area contributed by atoms with Crippen LogP contribution in [-0.4, -0.2) is 11.9 Å². The van der Waals surface area contributed by atoms with Crippen LogP contribution < -0.4 is 4.74 Å². The van der Waals surface area contributed by atoms with Crippen molar-refractivity contribution in [3.05, 3.63) is 28.8 Å². The van der Waals surface area contributed by atoms with Crippen LogP contribution in [0, 0.1) is 12.3 Å². The predicted octanol–water partition coefficient (Wildman–Crippen LogP) is 4.20. The molecule has 1 aliphatic carbocycles. The molecule has 0 spiro atoms. The van der Waals surface area contributed by atoms with Crippen molar-refractivity contribution in [3.63, 3.8) is 0 Å². The summed E-state index contributed by atoms with van der Waals surface area (Å²) in [7, 11) is 0. The van der Waals surface area contributed by atoms with Crippen LogP contribution in [0.4, 0.5) is 0 Å². The lowest BCUT2D eigenvalue weighted by molar-refractivity contribution is 0.250. The first-order valence-electron chi connectivity index (χ1n) is 5.10. The summed E-state index contributed by atoms with van der Waals surface area (Å²) in [6.45, 7) is 2.83. The van der Waals surface area contributed by atoms with Gasteiger partial charge in [0.2, 0.25) is 0 Å². The number of halogens is 2. The van der Waals surface area contributed by atoms with Crippen LogP contribution in [0.25, 0.3) is 0 Å². The highest BCUT2D eigenvalue weighted by molar-refractivity contribution is 9.09. The lowest BCUT2D eigenvalue weighted by atomic mass is 10.1. The summed E-state index contributed by atoms with van der Waals surface area (Å²) in [4.78, 5) is 0. The molecule has 0 heterocycles. The normalized spacial score (nSPS) is 17.5.